The lowest BCUT2D eigenvalue weighted by Gasteiger charge is -2.15. The third-order valence-electron chi connectivity index (χ3n) is 2.97. The van der Waals surface area contributed by atoms with Crippen LogP contribution in [-0.4, -0.2) is 13.1 Å². The van der Waals surface area contributed by atoms with Gasteiger partial charge >= 0.3 is 5.97 Å². The molecule has 1 aliphatic rings. The molecule has 80 valence electrons. The minimum absolute atomic E-state index is 0.000000000000000444. The highest BCUT2D eigenvalue weighted by molar-refractivity contribution is 5.76. The molecule has 0 bridgehead atoms. The fourth-order valence-electron chi connectivity index (χ4n) is 2.28. The zero-order valence-corrected chi connectivity index (χ0v) is 9.81. The molecular weight excluding hydrogens is 176 g/mol. The lowest BCUT2D eigenvalue weighted by molar-refractivity contribution is -0.144. The smallest absolute Gasteiger partial charge is 0.312 e. The van der Waals surface area contributed by atoms with Crippen LogP contribution < -0.4 is 0 Å². The van der Waals surface area contributed by atoms with E-state index in [1.54, 1.807) is 0 Å². The zero-order chi connectivity index (χ0) is 10.9. The number of methoxy groups -OCH3 is 1. The maximum atomic E-state index is 11.6. The molecule has 2 nitrogen and oxygen atoms in total. The summed E-state index contributed by atoms with van der Waals surface area (Å²) in [5.41, 5.74) is 2.79. The predicted molar refractivity (Wildman–Crippen MR) is 56.9 cm³/mol. The molecule has 2 heteroatoms. The number of carbonyl (C=O) groups excluding carboxylic acids is 1. The lowest BCUT2D eigenvalue weighted by atomic mass is 9.90. The van der Waals surface area contributed by atoms with Crippen molar-refractivity contribution in [2.75, 3.05) is 7.11 Å². The summed E-state index contributed by atoms with van der Waals surface area (Å²) in [5, 5.41) is 0. The maximum absolute atomic E-state index is 11.6. The Labute approximate surface area is 86.3 Å². The molecule has 0 aromatic heterocycles. The van der Waals surface area contributed by atoms with Gasteiger partial charge in [0.15, 0.2) is 0 Å². The van der Waals surface area contributed by atoms with E-state index in [9.17, 15) is 4.79 Å². The molecule has 0 unspecified atom stereocenters. The molecule has 0 amide bonds. The van der Waals surface area contributed by atoms with Crippen molar-refractivity contribution < 1.29 is 9.53 Å². The van der Waals surface area contributed by atoms with Crippen molar-refractivity contribution in [2.24, 2.45) is 11.3 Å². The van der Waals surface area contributed by atoms with Gasteiger partial charge in [-0.25, -0.2) is 0 Å². The van der Waals surface area contributed by atoms with E-state index < -0.39 is 0 Å². The van der Waals surface area contributed by atoms with Crippen LogP contribution in [0.15, 0.2) is 11.1 Å². The van der Waals surface area contributed by atoms with E-state index in [0.717, 1.165) is 12.8 Å². The van der Waals surface area contributed by atoms with Gasteiger partial charge in [0.05, 0.1) is 13.0 Å². The summed E-state index contributed by atoms with van der Waals surface area (Å²) in [5.74, 6) is -0.0771. The minimum atomic E-state index is -0.0771. The van der Waals surface area contributed by atoms with Gasteiger partial charge < -0.3 is 4.74 Å². The first-order valence-corrected chi connectivity index (χ1v) is 5.11. The number of hydrogen-bond donors (Lipinski definition) is 0. The van der Waals surface area contributed by atoms with Gasteiger partial charge in [0.2, 0.25) is 0 Å². The van der Waals surface area contributed by atoms with E-state index >= 15 is 0 Å². The van der Waals surface area contributed by atoms with E-state index in [1.165, 1.54) is 18.3 Å². The predicted octanol–water partition coefficient (Wildman–Crippen LogP) is 2.93. The van der Waals surface area contributed by atoms with Gasteiger partial charge in [-0.2, -0.15) is 0 Å². The average molecular weight is 196 g/mol. The summed E-state index contributed by atoms with van der Waals surface area (Å²) in [7, 11) is 1.47. The van der Waals surface area contributed by atoms with Crippen LogP contribution in [-0.2, 0) is 9.53 Å². The van der Waals surface area contributed by atoms with Gasteiger partial charge in [0, 0.05) is 0 Å². The van der Waals surface area contributed by atoms with Gasteiger partial charge in [-0.3, -0.25) is 4.79 Å². The number of esters is 1. The largest absolute Gasteiger partial charge is 0.469 e. The minimum Gasteiger partial charge on any atom is -0.469 e. The van der Waals surface area contributed by atoms with Crippen LogP contribution in [0.5, 0.6) is 0 Å². The van der Waals surface area contributed by atoms with Gasteiger partial charge in [-0.05, 0) is 32.1 Å². The zero-order valence-electron chi connectivity index (χ0n) is 9.81. The van der Waals surface area contributed by atoms with E-state index in [-0.39, 0.29) is 17.3 Å². The van der Waals surface area contributed by atoms with Gasteiger partial charge in [-0.15, -0.1) is 0 Å². The molecule has 1 saturated carbocycles. The highest BCUT2D eigenvalue weighted by Gasteiger charge is 2.39. The SMILES string of the molecule is COC(=O)[C@@H]1CC(C)(C)CC1=C(C)C. The molecule has 0 N–H and O–H groups in total. The Bertz CT molecular complexity index is 270. The van der Waals surface area contributed by atoms with Crippen LogP contribution in [0, 0.1) is 11.3 Å². The Kier molecular flexibility index (Phi) is 3.03. The molecule has 1 rings (SSSR count). The van der Waals surface area contributed by atoms with Gasteiger partial charge in [0.1, 0.15) is 0 Å². The second-order valence-corrected chi connectivity index (χ2v) is 5.15. The quantitative estimate of drug-likeness (QED) is 0.476. The normalized spacial score (nSPS) is 24.9. The Morgan fingerprint density at radius 1 is 1.43 bits per heavy atom. The standard InChI is InChI=1S/C12H20O2/c1-8(2)9-6-12(3,4)7-10(9)11(13)14-5/h10H,6-7H2,1-5H3/t10-/m1/s1. The first-order valence-electron chi connectivity index (χ1n) is 5.11. The monoisotopic (exact) mass is 196 g/mol. The van der Waals surface area contributed by atoms with Crippen LogP contribution in [0.4, 0.5) is 0 Å². The van der Waals surface area contributed by atoms with E-state index in [4.69, 9.17) is 4.74 Å². The van der Waals surface area contributed by atoms with Crippen LogP contribution >= 0.6 is 0 Å². The summed E-state index contributed by atoms with van der Waals surface area (Å²) < 4.78 is 4.83. The lowest BCUT2D eigenvalue weighted by Crippen LogP contribution is -2.16. The van der Waals surface area contributed by atoms with Crippen molar-refractivity contribution in [1.29, 1.82) is 0 Å². The molecule has 14 heavy (non-hydrogen) atoms. The van der Waals surface area contributed by atoms with Gasteiger partial charge in [-0.1, -0.05) is 25.0 Å². The van der Waals surface area contributed by atoms with Crippen molar-refractivity contribution in [1.82, 2.24) is 0 Å². The highest BCUT2D eigenvalue weighted by Crippen LogP contribution is 2.46. The number of carbonyl (C=O) groups is 1. The first-order chi connectivity index (χ1) is 6.37. The fraction of sp³-hybridized carbons (Fsp3) is 0.750. The summed E-state index contributed by atoms with van der Waals surface area (Å²) in [6, 6.07) is 0. The molecule has 0 aromatic carbocycles. The van der Waals surface area contributed by atoms with Crippen molar-refractivity contribution >= 4 is 5.97 Å². The molecule has 0 aliphatic heterocycles. The Hall–Kier alpha value is -0.790. The Morgan fingerprint density at radius 3 is 2.43 bits per heavy atom. The van der Waals surface area contributed by atoms with Crippen LogP contribution in [0.1, 0.15) is 40.5 Å². The molecule has 1 atom stereocenters. The third-order valence-corrected chi connectivity index (χ3v) is 2.97. The molecule has 1 aliphatic carbocycles. The second-order valence-electron chi connectivity index (χ2n) is 5.15. The van der Waals surface area contributed by atoms with Crippen molar-refractivity contribution in [3.8, 4) is 0 Å². The average Bonchev–Trinajstić information content (AvgIpc) is 2.40. The van der Waals surface area contributed by atoms with Gasteiger partial charge in [0.25, 0.3) is 0 Å². The Morgan fingerprint density at radius 2 is 2.00 bits per heavy atom. The topological polar surface area (TPSA) is 26.3 Å². The number of allylic oxidation sites excluding steroid dienone is 1. The fourth-order valence-corrected chi connectivity index (χ4v) is 2.28. The van der Waals surface area contributed by atoms with Crippen LogP contribution in [0.25, 0.3) is 0 Å². The summed E-state index contributed by atoms with van der Waals surface area (Å²) in [4.78, 5) is 11.6. The first kappa shape index (κ1) is 11.3. The molecule has 0 aromatic rings. The van der Waals surface area contributed by atoms with E-state index in [1.807, 2.05) is 0 Å². The summed E-state index contributed by atoms with van der Waals surface area (Å²) in [6.07, 6.45) is 1.94. The number of hydrogen-bond acceptors (Lipinski definition) is 2. The van der Waals surface area contributed by atoms with Crippen molar-refractivity contribution in [3.63, 3.8) is 0 Å². The molecular formula is C12H20O2. The molecule has 0 saturated heterocycles. The maximum Gasteiger partial charge on any atom is 0.312 e. The number of rotatable bonds is 1. The molecule has 0 spiro atoms. The van der Waals surface area contributed by atoms with Crippen LogP contribution in [0.2, 0.25) is 0 Å². The molecule has 0 heterocycles. The second kappa shape index (κ2) is 3.76. The third kappa shape index (κ3) is 2.17. The van der Waals surface area contributed by atoms with E-state index in [2.05, 4.69) is 27.7 Å². The van der Waals surface area contributed by atoms with Crippen LogP contribution in [0.3, 0.4) is 0 Å². The number of ether oxygens (including phenoxy) is 1. The molecule has 1 fully saturated rings. The van der Waals surface area contributed by atoms with Crippen molar-refractivity contribution in [3.05, 3.63) is 11.1 Å². The highest BCUT2D eigenvalue weighted by atomic mass is 16.5. The summed E-state index contributed by atoms with van der Waals surface area (Å²) in [6.45, 7) is 8.57. The van der Waals surface area contributed by atoms with Crippen molar-refractivity contribution in [2.45, 2.75) is 40.5 Å². The Balaban J connectivity index is 2.95. The molecule has 0 radical (unpaired) electrons. The summed E-state index contributed by atoms with van der Waals surface area (Å²) >= 11 is 0. The van der Waals surface area contributed by atoms with E-state index in [0.29, 0.717) is 0 Å².